The van der Waals surface area contributed by atoms with E-state index in [9.17, 15) is 4.79 Å². The van der Waals surface area contributed by atoms with Crippen LogP contribution in [0.4, 0.5) is 5.82 Å². The molecule has 4 N–H and O–H groups in total. The van der Waals surface area contributed by atoms with E-state index in [1.807, 2.05) is 4.57 Å². The standard InChI is InChI=1S/C8H14N4O/c9-7-5-12(6-11-7)4-2-1-3-8(10)13/h5-6H,1-4,9H2,(H2,10,13). The van der Waals surface area contributed by atoms with Crippen LogP contribution < -0.4 is 11.5 Å². The number of aryl methyl sites for hydroxylation is 1. The summed E-state index contributed by atoms with van der Waals surface area (Å²) in [6.45, 7) is 0.831. The van der Waals surface area contributed by atoms with E-state index < -0.39 is 0 Å². The van der Waals surface area contributed by atoms with Crippen molar-refractivity contribution in [1.29, 1.82) is 0 Å². The number of primary amides is 1. The van der Waals surface area contributed by atoms with Gasteiger partial charge in [-0.1, -0.05) is 0 Å². The summed E-state index contributed by atoms with van der Waals surface area (Å²) in [7, 11) is 0. The summed E-state index contributed by atoms with van der Waals surface area (Å²) in [4.78, 5) is 14.3. The molecule has 0 fully saturated rings. The molecule has 0 aliphatic carbocycles. The summed E-state index contributed by atoms with van der Waals surface area (Å²) >= 11 is 0. The number of carbonyl (C=O) groups is 1. The maximum Gasteiger partial charge on any atom is 0.217 e. The van der Waals surface area contributed by atoms with Crippen LogP contribution in [0.25, 0.3) is 0 Å². The third-order valence-electron chi connectivity index (χ3n) is 1.74. The Morgan fingerprint density at radius 3 is 2.85 bits per heavy atom. The summed E-state index contributed by atoms with van der Waals surface area (Å²) in [5.74, 6) is 0.278. The van der Waals surface area contributed by atoms with Crippen LogP contribution in [0.2, 0.25) is 0 Å². The minimum atomic E-state index is -0.245. The molecular formula is C8H14N4O. The van der Waals surface area contributed by atoms with Crippen molar-refractivity contribution in [2.75, 3.05) is 5.73 Å². The van der Waals surface area contributed by atoms with Gasteiger partial charge in [-0.3, -0.25) is 4.79 Å². The van der Waals surface area contributed by atoms with Gasteiger partial charge in [0.2, 0.25) is 5.91 Å². The van der Waals surface area contributed by atoms with Crippen LogP contribution in [0, 0.1) is 0 Å². The molecular weight excluding hydrogens is 168 g/mol. The number of nitrogen functional groups attached to an aromatic ring is 1. The molecule has 5 nitrogen and oxygen atoms in total. The van der Waals surface area contributed by atoms with Gasteiger partial charge < -0.3 is 16.0 Å². The fourth-order valence-corrected chi connectivity index (χ4v) is 1.09. The van der Waals surface area contributed by atoms with Crippen LogP contribution in [0.15, 0.2) is 12.5 Å². The maximum atomic E-state index is 10.4. The molecule has 0 aliphatic heterocycles. The highest BCUT2D eigenvalue weighted by Gasteiger charge is 1.96. The highest BCUT2D eigenvalue weighted by molar-refractivity contribution is 5.73. The molecule has 0 aliphatic rings. The highest BCUT2D eigenvalue weighted by atomic mass is 16.1. The van der Waals surface area contributed by atoms with Crippen molar-refractivity contribution < 1.29 is 4.79 Å². The normalized spacial score (nSPS) is 10.2. The Kier molecular flexibility index (Phi) is 3.31. The van der Waals surface area contributed by atoms with E-state index in [-0.39, 0.29) is 5.91 Å². The molecule has 13 heavy (non-hydrogen) atoms. The smallest absolute Gasteiger partial charge is 0.217 e. The van der Waals surface area contributed by atoms with Gasteiger partial charge in [-0.15, -0.1) is 0 Å². The molecule has 5 heteroatoms. The second-order valence-corrected chi connectivity index (χ2v) is 2.96. The topological polar surface area (TPSA) is 86.9 Å². The van der Waals surface area contributed by atoms with Crippen LogP contribution in [0.5, 0.6) is 0 Å². The molecule has 0 atom stereocenters. The number of hydrogen-bond acceptors (Lipinski definition) is 3. The third kappa shape index (κ3) is 3.59. The molecule has 0 saturated carbocycles. The van der Waals surface area contributed by atoms with Crippen molar-refractivity contribution in [3.05, 3.63) is 12.5 Å². The number of nitrogens with two attached hydrogens (primary N) is 2. The first kappa shape index (κ1) is 9.57. The largest absolute Gasteiger partial charge is 0.382 e. The Hall–Kier alpha value is -1.52. The molecule has 1 amide bonds. The molecule has 1 heterocycles. The average molecular weight is 182 g/mol. The van der Waals surface area contributed by atoms with Crippen LogP contribution >= 0.6 is 0 Å². The van der Waals surface area contributed by atoms with Crippen molar-refractivity contribution in [2.24, 2.45) is 5.73 Å². The molecule has 72 valence electrons. The Balaban J connectivity index is 2.16. The summed E-state index contributed by atoms with van der Waals surface area (Å²) in [6, 6.07) is 0. The minimum Gasteiger partial charge on any atom is -0.382 e. The van der Waals surface area contributed by atoms with Gasteiger partial charge in [0.25, 0.3) is 0 Å². The Labute approximate surface area is 76.7 Å². The predicted molar refractivity (Wildman–Crippen MR) is 49.7 cm³/mol. The molecule has 0 bridgehead atoms. The third-order valence-corrected chi connectivity index (χ3v) is 1.74. The Bertz CT molecular complexity index is 281. The van der Waals surface area contributed by atoms with Crippen LogP contribution in [-0.2, 0) is 11.3 Å². The van der Waals surface area contributed by atoms with E-state index in [4.69, 9.17) is 11.5 Å². The monoisotopic (exact) mass is 182 g/mol. The Morgan fingerprint density at radius 1 is 1.54 bits per heavy atom. The SMILES string of the molecule is NC(=O)CCCCn1cnc(N)c1. The van der Waals surface area contributed by atoms with Crippen molar-refractivity contribution in [3.8, 4) is 0 Å². The second kappa shape index (κ2) is 4.49. The summed E-state index contributed by atoms with van der Waals surface area (Å²) < 4.78 is 1.90. The molecule has 0 radical (unpaired) electrons. The first-order valence-electron chi connectivity index (χ1n) is 4.24. The summed E-state index contributed by atoms with van der Waals surface area (Å²) in [6.07, 6.45) is 5.63. The summed E-state index contributed by atoms with van der Waals surface area (Å²) in [5.41, 5.74) is 10.4. The van der Waals surface area contributed by atoms with Gasteiger partial charge in [-0.05, 0) is 12.8 Å². The zero-order chi connectivity index (χ0) is 9.68. The lowest BCUT2D eigenvalue weighted by atomic mass is 10.2. The lowest BCUT2D eigenvalue weighted by Crippen LogP contribution is -2.10. The first-order chi connectivity index (χ1) is 6.18. The average Bonchev–Trinajstić information content (AvgIpc) is 2.45. The van der Waals surface area contributed by atoms with Crippen molar-refractivity contribution >= 4 is 11.7 Å². The zero-order valence-corrected chi connectivity index (χ0v) is 7.44. The van der Waals surface area contributed by atoms with Crippen molar-refractivity contribution in [2.45, 2.75) is 25.8 Å². The number of imidazole rings is 1. The van der Waals surface area contributed by atoms with Gasteiger partial charge >= 0.3 is 0 Å². The molecule has 0 unspecified atom stereocenters. The predicted octanol–water partition coefficient (Wildman–Crippen LogP) is 0.121. The van der Waals surface area contributed by atoms with Crippen molar-refractivity contribution in [1.82, 2.24) is 9.55 Å². The van der Waals surface area contributed by atoms with E-state index in [2.05, 4.69) is 4.98 Å². The lowest BCUT2D eigenvalue weighted by Gasteiger charge is -1.99. The molecule has 0 spiro atoms. The van der Waals surface area contributed by atoms with E-state index in [1.54, 1.807) is 12.5 Å². The number of amides is 1. The van der Waals surface area contributed by atoms with Crippen LogP contribution in [0.3, 0.4) is 0 Å². The van der Waals surface area contributed by atoms with Gasteiger partial charge in [0.15, 0.2) is 0 Å². The number of hydrogen-bond donors (Lipinski definition) is 2. The van der Waals surface area contributed by atoms with E-state index in [0.717, 1.165) is 19.4 Å². The quantitative estimate of drug-likeness (QED) is 0.634. The fourth-order valence-electron chi connectivity index (χ4n) is 1.09. The van der Waals surface area contributed by atoms with E-state index in [1.165, 1.54) is 0 Å². The summed E-state index contributed by atoms with van der Waals surface area (Å²) in [5, 5.41) is 0. The number of rotatable bonds is 5. The molecule has 1 aromatic rings. The number of unbranched alkanes of at least 4 members (excludes halogenated alkanes) is 1. The minimum absolute atomic E-state index is 0.245. The van der Waals surface area contributed by atoms with E-state index >= 15 is 0 Å². The van der Waals surface area contributed by atoms with Crippen LogP contribution in [0.1, 0.15) is 19.3 Å². The molecule has 1 aromatic heterocycles. The fraction of sp³-hybridized carbons (Fsp3) is 0.500. The molecule has 1 rings (SSSR count). The highest BCUT2D eigenvalue weighted by Crippen LogP contribution is 2.01. The van der Waals surface area contributed by atoms with Gasteiger partial charge in [0.05, 0.1) is 6.33 Å². The Morgan fingerprint density at radius 2 is 2.31 bits per heavy atom. The number of anilines is 1. The van der Waals surface area contributed by atoms with Crippen LogP contribution in [-0.4, -0.2) is 15.5 Å². The molecule has 0 saturated heterocycles. The number of nitrogens with zero attached hydrogens (tertiary/aromatic N) is 2. The van der Waals surface area contributed by atoms with Gasteiger partial charge in [-0.2, -0.15) is 0 Å². The maximum absolute atomic E-state index is 10.4. The lowest BCUT2D eigenvalue weighted by molar-refractivity contribution is -0.118. The first-order valence-corrected chi connectivity index (χ1v) is 4.24. The second-order valence-electron chi connectivity index (χ2n) is 2.96. The van der Waals surface area contributed by atoms with E-state index in [0.29, 0.717) is 12.2 Å². The van der Waals surface area contributed by atoms with Gasteiger partial charge in [0.1, 0.15) is 5.82 Å². The molecule has 0 aromatic carbocycles. The zero-order valence-electron chi connectivity index (χ0n) is 7.44. The van der Waals surface area contributed by atoms with Gasteiger partial charge in [-0.25, -0.2) is 4.98 Å². The number of carbonyl (C=O) groups excluding carboxylic acids is 1. The van der Waals surface area contributed by atoms with Crippen molar-refractivity contribution in [3.63, 3.8) is 0 Å². The number of aromatic nitrogens is 2. The van der Waals surface area contributed by atoms with Gasteiger partial charge in [0, 0.05) is 19.2 Å².